The van der Waals surface area contributed by atoms with Gasteiger partial charge in [0, 0.05) is 10.9 Å². The highest BCUT2D eigenvalue weighted by Crippen LogP contribution is 2.27. The second-order valence-electron chi connectivity index (χ2n) is 3.20. The maximum Gasteiger partial charge on any atom is 0.123 e. The van der Waals surface area contributed by atoms with E-state index >= 15 is 0 Å². The average molecular weight is 203 g/mol. The van der Waals surface area contributed by atoms with Gasteiger partial charge in [0.25, 0.3) is 0 Å². The van der Waals surface area contributed by atoms with Crippen molar-refractivity contribution in [2.75, 3.05) is 0 Å². The molecule has 0 fully saturated rings. The Labute approximate surface area is 82.2 Å². The largest absolute Gasteiger partial charge is 0.393 e. The van der Waals surface area contributed by atoms with Crippen molar-refractivity contribution >= 4 is 11.6 Å². The van der Waals surface area contributed by atoms with E-state index in [4.69, 9.17) is 11.6 Å². The monoisotopic (exact) mass is 202 g/mol. The number of hydrogen-bond acceptors (Lipinski definition) is 1. The highest BCUT2D eigenvalue weighted by atomic mass is 35.5. The van der Waals surface area contributed by atoms with Crippen LogP contribution >= 0.6 is 11.6 Å². The minimum Gasteiger partial charge on any atom is -0.393 e. The van der Waals surface area contributed by atoms with Gasteiger partial charge in [-0.05, 0) is 30.7 Å². The lowest BCUT2D eigenvalue weighted by Crippen LogP contribution is -2.11. The lowest BCUT2D eigenvalue weighted by atomic mass is 9.96. The van der Waals surface area contributed by atoms with E-state index in [0.717, 1.165) is 0 Å². The molecule has 0 aliphatic heterocycles. The van der Waals surface area contributed by atoms with Crippen molar-refractivity contribution < 1.29 is 9.50 Å². The van der Waals surface area contributed by atoms with Crippen LogP contribution in [0.2, 0.25) is 5.02 Å². The fourth-order valence-electron chi connectivity index (χ4n) is 1.12. The van der Waals surface area contributed by atoms with Crippen molar-refractivity contribution in [3.05, 3.63) is 34.6 Å². The van der Waals surface area contributed by atoms with Gasteiger partial charge in [-0.25, -0.2) is 4.39 Å². The highest BCUT2D eigenvalue weighted by molar-refractivity contribution is 6.31. The van der Waals surface area contributed by atoms with Crippen molar-refractivity contribution in [3.8, 4) is 0 Å². The Bertz CT molecular complexity index is 299. The molecule has 2 atom stereocenters. The van der Waals surface area contributed by atoms with Crippen LogP contribution in [0.5, 0.6) is 0 Å². The molecule has 1 rings (SSSR count). The molecule has 0 aliphatic rings. The van der Waals surface area contributed by atoms with E-state index in [1.807, 2.05) is 6.92 Å². The van der Waals surface area contributed by atoms with Crippen molar-refractivity contribution in [3.63, 3.8) is 0 Å². The summed E-state index contributed by atoms with van der Waals surface area (Å²) in [4.78, 5) is 0. The Kier molecular flexibility index (Phi) is 3.28. The molecule has 0 bridgehead atoms. The second kappa shape index (κ2) is 4.07. The molecule has 0 saturated carbocycles. The van der Waals surface area contributed by atoms with Crippen molar-refractivity contribution in [2.45, 2.75) is 25.9 Å². The van der Waals surface area contributed by atoms with Gasteiger partial charge >= 0.3 is 0 Å². The molecular weight excluding hydrogens is 191 g/mol. The molecule has 13 heavy (non-hydrogen) atoms. The van der Waals surface area contributed by atoms with Gasteiger partial charge in [-0.1, -0.05) is 18.5 Å². The van der Waals surface area contributed by atoms with Gasteiger partial charge in [-0.15, -0.1) is 0 Å². The first-order chi connectivity index (χ1) is 6.02. The van der Waals surface area contributed by atoms with E-state index in [1.54, 1.807) is 6.92 Å². The summed E-state index contributed by atoms with van der Waals surface area (Å²) in [6.07, 6.45) is -0.528. The van der Waals surface area contributed by atoms with Crippen molar-refractivity contribution in [2.24, 2.45) is 0 Å². The van der Waals surface area contributed by atoms with Gasteiger partial charge in [-0.3, -0.25) is 0 Å². The van der Waals surface area contributed by atoms with Crippen LogP contribution in [0, 0.1) is 5.82 Å². The van der Waals surface area contributed by atoms with Crippen molar-refractivity contribution in [1.82, 2.24) is 0 Å². The summed E-state index contributed by atoms with van der Waals surface area (Å²) in [6, 6.07) is 4.17. The predicted octanol–water partition coefficient (Wildman–Crippen LogP) is 2.96. The van der Waals surface area contributed by atoms with Crippen LogP contribution in [-0.4, -0.2) is 11.2 Å². The molecule has 3 heteroatoms. The molecule has 1 aromatic rings. The second-order valence-corrected chi connectivity index (χ2v) is 3.60. The lowest BCUT2D eigenvalue weighted by molar-refractivity contribution is 0.169. The minimum absolute atomic E-state index is 0.150. The first kappa shape index (κ1) is 10.5. The predicted molar refractivity (Wildman–Crippen MR) is 51.5 cm³/mol. The standard InChI is InChI=1S/C10H12ClFO/c1-6(7(2)13)9-5-8(12)3-4-10(9)11/h3-7,13H,1-2H3. The van der Waals surface area contributed by atoms with Crippen LogP contribution in [-0.2, 0) is 0 Å². The SMILES string of the molecule is CC(O)C(C)c1cc(F)ccc1Cl. The molecule has 0 amide bonds. The highest BCUT2D eigenvalue weighted by Gasteiger charge is 2.15. The number of benzene rings is 1. The van der Waals surface area contributed by atoms with Gasteiger partial charge in [0.1, 0.15) is 5.82 Å². The molecule has 0 aromatic heterocycles. The first-order valence-electron chi connectivity index (χ1n) is 4.15. The van der Waals surface area contributed by atoms with Crippen LogP contribution in [0.15, 0.2) is 18.2 Å². The minimum atomic E-state index is -0.528. The molecule has 1 aromatic carbocycles. The lowest BCUT2D eigenvalue weighted by Gasteiger charge is -2.16. The van der Waals surface area contributed by atoms with Gasteiger partial charge in [0.05, 0.1) is 6.10 Å². The van der Waals surface area contributed by atoms with E-state index in [-0.39, 0.29) is 11.7 Å². The summed E-state index contributed by atoms with van der Waals surface area (Å²) in [5.74, 6) is -0.477. The van der Waals surface area contributed by atoms with Crippen LogP contribution in [0.25, 0.3) is 0 Å². The van der Waals surface area contributed by atoms with E-state index in [1.165, 1.54) is 18.2 Å². The maximum atomic E-state index is 12.8. The van der Waals surface area contributed by atoms with Gasteiger partial charge < -0.3 is 5.11 Å². The molecule has 0 radical (unpaired) electrons. The number of rotatable bonds is 2. The third-order valence-corrected chi connectivity index (χ3v) is 2.52. The summed E-state index contributed by atoms with van der Waals surface area (Å²) in [5, 5.41) is 9.80. The van der Waals surface area contributed by atoms with Crippen molar-refractivity contribution in [1.29, 1.82) is 0 Å². The Morgan fingerprint density at radius 2 is 2.00 bits per heavy atom. The molecule has 1 nitrogen and oxygen atoms in total. The van der Waals surface area contributed by atoms with E-state index < -0.39 is 6.10 Å². The Morgan fingerprint density at radius 3 is 2.54 bits per heavy atom. The van der Waals surface area contributed by atoms with Crippen LogP contribution in [0.1, 0.15) is 25.3 Å². The zero-order valence-electron chi connectivity index (χ0n) is 7.59. The van der Waals surface area contributed by atoms with Crippen LogP contribution in [0.3, 0.4) is 0 Å². The zero-order chi connectivity index (χ0) is 10.0. The molecule has 0 heterocycles. The van der Waals surface area contributed by atoms with E-state index in [2.05, 4.69) is 0 Å². The summed E-state index contributed by atoms with van der Waals surface area (Å²) in [7, 11) is 0. The molecule has 0 saturated heterocycles. The third-order valence-electron chi connectivity index (χ3n) is 2.17. The normalized spacial score (nSPS) is 15.5. The quantitative estimate of drug-likeness (QED) is 0.782. The summed E-state index contributed by atoms with van der Waals surface area (Å²) < 4.78 is 12.8. The average Bonchev–Trinajstić information content (AvgIpc) is 2.08. The smallest absolute Gasteiger partial charge is 0.123 e. The summed E-state index contributed by atoms with van der Waals surface area (Å²) in [6.45, 7) is 3.47. The number of hydrogen-bond donors (Lipinski definition) is 1. The summed E-state index contributed by atoms with van der Waals surface area (Å²) >= 11 is 5.86. The van der Waals surface area contributed by atoms with E-state index in [0.29, 0.717) is 10.6 Å². The fraction of sp³-hybridized carbons (Fsp3) is 0.400. The maximum absolute atomic E-state index is 12.8. The molecule has 72 valence electrons. The molecular formula is C10H12ClFO. The Morgan fingerprint density at radius 1 is 1.38 bits per heavy atom. The Balaban J connectivity index is 3.05. The third kappa shape index (κ3) is 2.42. The number of aliphatic hydroxyl groups excluding tert-OH is 1. The van der Waals surface area contributed by atoms with Crippen LogP contribution < -0.4 is 0 Å². The Hall–Kier alpha value is -0.600. The van der Waals surface area contributed by atoms with Gasteiger partial charge in [-0.2, -0.15) is 0 Å². The number of aliphatic hydroxyl groups is 1. The van der Waals surface area contributed by atoms with Crippen LogP contribution in [0.4, 0.5) is 4.39 Å². The fourth-order valence-corrected chi connectivity index (χ4v) is 1.41. The molecule has 2 unspecified atom stereocenters. The zero-order valence-corrected chi connectivity index (χ0v) is 8.35. The number of halogens is 2. The molecule has 0 spiro atoms. The van der Waals surface area contributed by atoms with E-state index in [9.17, 15) is 9.50 Å². The summed E-state index contributed by atoms with van der Waals surface area (Å²) in [5.41, 5.74) is 0.650. The first-order valence-corrected chi connectivity index (χ1v) is 4.53. The van der Waals surface area contributed by atoms with Gasteiger partial charge in [0.2, 0.25) is 0 Å². The van der Waals surface area contributed by atoms with Gasteiger partial charge in [0.15, 0.2) is 0 Å². The molecule has 1 N–H and O–H groups in total. The molecule has 0 aliphatic carbocycles. The topological polar surface area (TPSA) is 20.2 Å².